The first-order chi connectivity index (χ1) is 10.5. The van der Waals surface area contributed by atoms with Gasteiger partial charge in [-0.2, -0.15) is 0 Å². The topological polar surface area (TPSA) is 69.7 Å². The first kappa shape index (κ1) is 14.4. The highest BCUT2D eigenvalue weighted by atomic mass is 19.2. The second-order valence-electron chi connectivity index (χ2n) is 5.30. The molecule has 0 atom stereocenters. The fraction of sp³-hybridized carbons (Fsp3) is 0.357. The van der Waals surface area contributed by atoms with Crippen LogP contribution in [0.2, 0.25) is 0 Å². The van der Waals surface area contributed by atoms with E-state index in [1.807, 2.05) is 0 Å². The van der Waals surface area contributed by atoms with Crippen LogP contribution in [0.3, 0.4) is 0 Å². The van der Waals surface area contributed by atoms with Crippen molar-refractivity contribution in [3.8, 4) is 0 Å². The van der Waals surface area contributed by atoms with Crippen molar-refractivity contribution in [1.82, 2.24) is 9.80 Å². The Balaban J connectivity index is 1.62. The van der Waals surface area contributed by atoms with Gasteiger partial charge in [-0.05, 0) is 25.0 Å². The Hall–Kier alpha value is -2.51. The molecule has 1 aliphatic carbocycles. The largest absolute Gasteiger partial charge is 0.327 e. The van der Waals surface area contributed by atoms with E-state index in [1.165, 1.54) is 11.0 Å². The smallest absolute Gasteiger partial charge is 0.324 e. The molecular formula is C14H13F2N3O3. The predicted octanol–water partition coefficient (Wildman–Crippen LogP) is 1.33. The van der Waals surface area contributed by atoms with Gasteiger partial charge in [-0.1, -0.05) is 0 Å². The standard InChI is InChI=1S/C14H13F2N3O3/c15-10-4-1-8(5-11(10)16)17-12(20)6-19-13(21)7-18(14(19)22)9-2-3-9/h1,4-5,9H,2-3,6-7H2,(H,17,20). The summed E-state index contributed by atoms with van der Waals surface area (Å²) >= 11 is 0. The molecule has 3 rings (SSSR count). The Labute approximate surface area is 124 Å². The van der Waals surface area contributed by atoms with Gasteiger partial charge >= 0.3 is 6.03 Å². The van der Waals surface area contributed by atoms with Gasteiger partial charge in [-0.25, -0.2) is 13.6 Å². The van der Waals surface area contributed by atoms with Crippen LogP contribution in [0, 0.1) is 11.6 Å². The molecule has 0 radical (unpaired) electrons. The number of imide groups is 1. The van der Waals surface area contributed by atoms with Gasteiger partial charge in [0.05, 0.1) is 0 Å². The number of carbonyl (C=O) groups is 3. The van der Waals surface area contributed by atoms with E-state index in [0.29, 0.717) is 0 Å². The van der Waals surface area contributed by atoms with E-state index < -0.39 is 36.0 Å². The molecule has 1 heterocycles. The SMILES string of the molecule is O=C(CN1C(=O)CN(C2CC2)C1=O)Nc1ccc(F)c(F)c1. The van der Waals surface area contributed by atoms with E-state index >= 15 is 0 Å². The molecule has 0 spiro atoms. The molecule has 22 heavy (non-hydrogen) atoms. The summed E-state index contributed by atoms with van der Waals surface area (Å²) in [5.74, 6) is -3.20. The Morgan fingerprint density at radius 2 is 1.95 bits per heavy atom. The summed E-state index contributed by atoms with van der Waals surface area (Å²) < 4.78 is 25.9. The van der Waals surface area contributed by atoms with Crippen molar-refractivity contribution in [2.24, 2.45) is 0 Å². The summed E-state index contributed by atoms with van der Waals surface area (Å²) in [6.07, 6.45) is 1.74. The second kappa shape index (κ2) is 5.36. The average molecular weight is 309 g/mol. The third-order valence-corrected chi connectivity index (χ3v) is 3.58. The summed E-state index contributed by atoms with van der Waals surface area (Å²) in [6.45, 7) is -0.457. The quantitative estimate of drug-likeness (QED) is 0.853. The number of hydrogen-bond acceptors (Lipinski definition) is 3. The van der Waals surface area contributed by atoms with E-state index in [9.17, 15) is 23.2 Å². The lowest BCUT2D eigenvalue weighted by molar-refractivity contribution is -0.129. The number of carbonyl (C=O) groups excluding carboxylic acids is 3. The monoisotopic (exact) mass is 309 g/mol. The Morgan fingerprint density at radius 1 is 1.23 bits per heavy atom. The minimum atomic E-state index is -1.09. The van der Waals surface area contributed by atoms with Crippen molar-refractivity contribution in [3.63, 3.8) is 0 Å². The van der Waals surface area contributed by atoms with E-state index in [2.05, 4.69) is 5.32 Å². The highest BCUT2D eigenvalue weighted by Gasteiger charge is 2.44. The number of urea groups is 1. The number of anilines is 1. The summed E-state index contributed by atoms with van der Waals surface area (Å²) in [5.41, 5.74) is 0.0574. The lowest BCUT2D eigenvalue weighted by Gasteiger charge is -2.16. The van der Waals surface area contributed by atoms with Crippen LogP contribution in [0.4, 0.5) is 19.3 Å². The van der Waals surface area contributed by atoms with Crippen LogP contribution in [0.15, 0.2) is 18.2 Å². The molecule has 1 N–H and O–H groups in total. The molecule has 1 saturated heterocycles. The Kier molecular flexibility index (Phi) is 3.51. The third kappa shape index (κ3) is 2.76. The third-order valence-electron chi connectivity index (χ3n) is 3.58. The van der Waals surface area contributed by atoms with Crippen molar-refractivity contribution < 1.29 is 23.2 Å². The summed E-state index contributed by atoms with van der Waals surface area (Å²) in [7, 11) is 0. The summed E-state index contributed by atoms with van der Waals surface area (Å²) in [6, 6.07) is 2.52. The van der Waals surface area contributed by atoms with Gasteiger partial charge in [0.25, 0.3) is 5.91 Å². The van der Waals surface area contributed by atoms with E-state index in [1.54, 1.807) is 0 Å². The number of benzene rings is 1. The fourth-order valence-electron chi connectivity index (χ4n) is 2.31. The van der Waals surface area contributed by atoms with Crippen molar-refractivity contribution in [2.45, 2.75) is 18.9 Å². The predicted molar refractivity (Wildman–Crippen MR) is 71.8 cm³/mol. The number of rotatable bonds is 4. The molecule has 1 aromatic carbocycles. The van der Waals surface area contributed by atoms with Crippen LogP contribution in [-0.4, -0.2) is 46.8 Å². The van der Waals surface area contributed by atoms with Crippen molar-refractivity contribution >= 4 is 23.5 Å². The number of hydrogen-bond donors (Lipinski definition) is 1. The highest BCUT2D eigenvalue weighted by Crippen LogP contribution is 2.30. The maximum Gasteiger partial charge on any atom is 0.327 e. The van der Waals surface area contributed by atoms with Crippen LogP contribution in [0.25, 0.3) is 0 Å². The van der Waals surface area contributed by atoms with Crippen molar-refractivity contribution in [2.75, 3.05) is 18.4 Å². The van der Waals surface area contributed by atoms with Gasteiger partial charge in [0.15, 0.2) is 11.6 Å². The van der Waals surface area contributed by atoms with E-state index in [0.717, 1.165) is 29.9 Å². The Morgan fingerprint density at radius 3 is 2.59 bits per heavy atom. The van der Waals surface area contributed by atoms with Gasteiger partial charge in [-0.3, -0.25) is 14.5 Å². The molecule has 4 amide bonds. The molecule has 1 saturated carbocycles. The molecule has 2 fully saturated rings. The maximum atomic E-state index is 13.1. The fourth-order valence-corrected chi connectivity index (χ4v) is 2.31. The molecule has 0 aromatic heterocycles. The first-order valence-corrected chi connectivity index (χ1v) is 6.81. The molecule has 116 valence electrons. The van der Waals surface area contributed by atoms with Gasteiger partial charge < -0.3 is 10.2 Å². The van der Waals surface area contributed by atoms with Crippen LogP contribution in [0.1, 0.15) is 12.8 Å². The van der Waals surface area contributed by atoms with Crippen LogP contribution >= 0.6 is 0 Å². The van der Waals surface area contributed by atoms with Gasteiger partial charge in [0.1, 0.15) is 13.1 Å². The van der Waals surface area contributed by atoms with E-state index in [4.69, 9.17) is 0 Å². The van der Waals surface area contributed by atoms with Crippen LogP contribution in [-0.2, 0) is 9.59 Å². The van der Waals surface area contributed by atoms with Gasteiger partial charge in [-0.15, -0.1) is 0 Å². The zero-order valence-electron chi connectivity index (χ0n) is 11.5. The number of nitrogens with one attached hydrogen (secondary N) is 1. The molecule has 8 heteroatoms. The lowest BCUT2D eigenvalue weighted by atomic mass is 10.3. The lowest BCUT2D eigenvalue weighted by Crippen LogP contribution is -2.39. The zero-order valence-corrected chi connectivity index (χ0v) is 11.5. The normalized spacial score (nSPS) is 18.1. The molecule has 1 aromatic rings. The highest BCUT2D eigenvalue weighted by molar-refractivity contribution is 6.06. The van der Waals surface area contributed by atoms with E-state index in [-0.39, 0.29) is 18.3 Å². The molecule has 1 aliphatic heterocycles. The number of nitrogens with zero attached hydrogens (tertiary/aromatic N) is 2. The molecule has 0 unspecified atom stereocenters. The zero-order chi connectivity index (χ0) is 15.9. The molecular weight excluding hydrogens is 296 g/mol. The van der Waals surface area contributed by atoms with Crippen molar-refractivity contribution in [1.29, 1.82) is 0 Å². The Bertz CT molecular complexity index is 661. The van der Waals surface area contributed by atoms with Crippen LogP contribution in [0.5, 0.6) is 0 Å². The molecule has 0 bridgehead atoms. The van der Waals surface area contributed by atoms with Gasteiger partial charge in [0, 0.05) is 17.8 Å². The first-order valence-electron chi connectivity index (χ1n) is 6.81. The number of halogens is 2. The summed E-state index contributed by atoms with van der Waals surface area (Å²) in [5, 5.41) is 2.33. The minimum Gasteiger partial charge on any atom is -0.324 e. The molecule has 2 aliphatic rings. The average Bonchev–Trinajstić information content (AvgIpc) is 3.26. The van der Waals surface area contributed by atoms with Crippen molar-refractivity contribution in [3.05, 3.63) is 29.8 Å². The second-order valence-corrected chi connectivity index (χ2v) is 5.30. The minimum absolute atomic E-state index is 0.0119. The van der Waals surface area contributed by atoms with Gasteiger partial charge in [0.2, 0.25) is 5.91 Å². The number of amides is 4. The molecule has 6 nitrogen and oxygen atoms in total. The maximum absolute atomic E-state index is 13.1. The summed E-state index contributed by atoms with van der Waals surface area (Å²) in [4.78, 5) is 38.0. The van der Waals surface area contributed by atoms with Crippen LogP contribution < -0.4 is 5.32 Å².